The molecule has 0 saturated heterocycles. The van der Waals surface area contributed by atoms with E-state index < -0.39 is 0 Å². The predicted molar refractivity (Wildman–Crippen MR) is 69.0 cm³/mol. The molecule has 3 N–H and O–H groups in total. The van der Waals surface area contributed by atoms with E-state index in [2.05, 4.69) is 15.4 Å². The number of nitrogens with two attached hydrogens (primary N) is 1. The fourth-order valence-electron chi connectivity index (χ4n) is 1.76. The van der Waals surface area contributed by atoms with Gasteiger partial charge in [0, 0.05) is 37.1 Å². The maximum Gasteiger partial charge on any atom is 0.295 e. The molecule has 1 aromatic carbocycles. The Bertz CT molecular complexity index is 685. The monoisotopic (exact) mass is 243 g/mol. The summed E-state index contributed by atoms with van der Waals surface area (Å²) in [5, 5.41) is 7.20. The number of benzene rings is 1. The number of hydrogen-bond donors (Lipinski definition) is 2. The number of anilines is 2. The average Bonchev–Trinajstić information content (AvgIpc) is 2.92. The molecule has 0 atom stereocenters. The van der Waals surface area contributed by atoms with Crippen LogP contribution in [-0.4, -0.2) is 14.8 Å². The lowest BCUT2D eigenvalue weighted by Gasteiger charge is -1.97. The van der Waals surface area contributed by atoms with Crippen LogP contribution >= 0.6 is 0 Å². The van der Waals surface area contributed by atoms with Crippen molar-refractivity contribution in [3.63, 3.8) is 0 Å². The van der Waals surface area contributed by atoms with Crippen LogP contribution < -0.4 is 11.1 Å². The number of aromatic nitrogens is 3. The molecule has 92 valence electrons. The van der Waals surface area contributed by atoms with Crippen molar-refractivity contribution < 1.29 is 4.42 Å². The van der Waals surface area contributed by atoms with Gasteiger partial charge in [0.2, 0.25) is 0 Å². The second kappa shape index (κ2) is 4.06. The Morgan fingerprint density at radius 1 is 1.44 bits per heavy atom. The van der Waals surface area contributed by atoms with Gasteiger partial charge in [0.25, 0.3) is 6.01 Å². The highest BCUT2D eigenvalue weighted by molar-refractivity contribution is 5.78. The van der Waals surface area contributed by atoms with Gasteiger partial charge in [-0.3, -0.25) is 4.68 Å². The number of hydrogen-bond acceptors (Lipinski definition) is 5. The highest BCUT2D eigenvalue weighted by Gasteiger charge is 2.05. The molecule has 3 aromatic rings. The summed E-state index contributed by atoms with van der Waals surface area (Å²) < 4.78 is 7.30. The minimum absolute atomic E-state index is 0.486. The highest BCUT2D eigenvalue weighted by Crippen LogP contribution is 2.21. The van der Waals surface area contributed by atoms with E-state index in [9.17, 15) is 0 Å². The van der Waals surface area contributed by atoms with Crippen LogP contribution in [0.25, 0.3) is 11.1 Å². The summed E-state index contributed by atoms with van der Waals surface area (Å²) in [5.41, 5.74) is 8.89. The third kappa shape index (κ3) is 2.00. The Kier molecular flexibility index (Phi) is 2.40. The molecule has 0 aliphatic heterocycles. The van der Waals surface area contributed by atoms with Gasteiger partial charge in [-0.1, -0.05) is 0 Å². The predicted octanol–water partition coefficient (Wildman–Crippen LogP) is 1.76. The van der Waals surface area contributed by atoms with Crippen molar-refractivity contribution in [1.29, 1.82) is 0 Å². The first-order valence-corrected chi connectivity index (χ1v) is 5.58. The Morgan fingerprint density at radius 2 is 2.33 bits per heavy atom. The van der Waals surface area contributed by atoms with Crippen LogP contribution in [0.2, 0.25) is 0 Å². The molecule has 0 unspecified atom stereocenters. The van der Waals surface area contributed by atoms with E-state index in [0.717, 1.165) is 11.1 Å². The fourth-order valence-corrected chi connectivity index (χ4v) is 1.76. The van der Waals surface area contributed by atoms with E-state index in [0.29, 0.717) is 23.8 Å². The topological polar surface area (TPSA) is 81.9 Å². The van der Waals surface area contributed by atoms with E-state index in [-0.39, 0.29) is 0 Å². The first-order chi connectivity index (χ1) is 8.70. The Hall–Kier alpha value is -2.50. The number of rotatable bonds is 3. The van der Waals surface area contributed by atoms with Crippen LogP contribution in [0.3, 0.4) is 0 Å². The summed E-state index contributed by atoms with van der Waals surface area (Å²) >= 11 is 0. The van der Waals surface area contributed by atoms with E-state index in [1.54, 1.807) is 23.0 Å². The van der Waals surface area contributed by atoms with Crippen molar-refractivity contribution in [2.45, 2.75) is 6.54 Å². The van der Waals surface area contributed by atoms with Crippen LogP contribution in [0.4, 0.5) is 11.7 Å². The summed E-state index contributed by atoms with van der Waals surface area (Å²) in [4.78, 5) is 4.32. The number of nitrogen functional groups attached to an aromatic ring is 1. The Morgan fingerprint density at radius 3 is 3.11 bits per heavy atom. The molecule has 0 radical (unpaired) electrons. The summed E-state index contributed by atoms with van der Waals surface area (Å²) in [6, 6.07) is 5.89. The van der Waals surface area contributed by atoms with E-state index >= 15 is 0 Å². The number of nitrogens with zero attached hydrogens (tertiary/aromatic N) is 3. The molecule has 2 aromatic heterocycles. The van der Waals surface area contributed by atoms with Gasteiger partial charge < -0.3 is 15.5 Å². The van der Waals surface area contributed by atoms with Gasteiger partial charge in [0.1, 0.15) is 5.52 Å². The van der Waals surface area contributed by atoms with Crippen molar-refractivity contribution in [3.8, 4) is 0 Å². The van der Waals surface area contributed by atoms with Gasteiger partial charge in [-0.15, -0.1) is 0 Å². The molecule has 0 aliphatic carbocycles. The number of oxazole rings is 1. The zero-order valence-corrected chi connectivity index (χ0v) is 9.92. The van der Waals surface area contributed by atoms with E-state index in [1.165, 1.54) is 0 Å². The molecule has 6 heteroatoms. The highest BCUT2D eigenvalue weighted by atomic mass is 16.4. The minimum atomic E-state index is 0.486. The second-order valence-corrected chi connectivity index (χ2v) is 4.12. The van der Waals surface area contributed by atoms with Crippen molar-refractivity contribution in [2.24, 2.45) is 7.05 Å². The van der Waals surface area contributed by atoms with Crippen molar-refractivity contribution >= 4 is 22.8 Å². The summed E-state index contributed by atoms with van der Waals surface area (Å²) in [5.74, 6) is 0. The van der Waals surface area contributed by atoms with Crippen LogP contribution in [-0.2, 0) is 13.6 Å². The maximum absolute atomic E-state index is 5.68. The summed E-state index contributed by atoms with van der Waals surface area (Å²) in [6.45, 7) is 0.621. The molecule has 0 spiro atoms. The summed E-state index contributed by atoms with van der Waals surface area (Å²) in [6.07, 6.45) is 3.74. The lowest BCUT2D eigenvalue weighted by molar-refractivity contribution is 0.614. The van der Waals surface area contributed by atoms with E-state index in [1.807, 2.05) is 19.3 Å². The molecule has 6 nitrogen and oxygen atoms in total. The molecule has 0 saturated carbocycles. The molecule has 3 rings (SSSR count). The van der Waals surface area contributed by atoms with Crippen LogP contribution in [0.15, 0.2) is 35.0 Å². The maximum atomic E-state index is 5.68. The number of fused-ring (bicyclic) bond motifs is 1. The van der Waals surface area contributed by atoms with E-state index in [4.69, 9.17) is 10.2 Å². The molecule has 0 amide bonds. The van der Waals surface area contributed by atoms with Gasteiger partial charge in [0.05, 0.1) is 6.20 Å². The molecule has 0 aliphatic rings. The van der Waals surface area contributed by atoms with Crippen molar-refractivity contribution in [2.75, 3.05) is 11.1 Å². The van der Waals surface area contributed by atoms with Gasteiger partial charge in [-0.25, -0.2) is 0 Å². The molecule has 0 bridgehead atoms. The lowest BCUT2D eigenvalue weighted by Crippen LogP contribution is -1.98. The molecular weight excluding hydrogens is 230 g/mol. The third-order valence-electron chi connectivity index (χ3n) is 2.61. The van der Waals surface area contributed by atoms with Crippen LogP contribution in [0.5, 0.6) is 0 Å². The largest absolute Gasteiger partial charge is 0.423 e. The zero-order valence-electron chi connectivity index (χ0n) is 9.92. The standard InChI is InChI=1S/C12H13N5O/c1-17-7-8(6-15-17)5-14-12-16-10-3-2-9(13)4-11(10)18-12/h2-4,6-7H,5,13H2,1H3,(H,14,16). The first kappa shape index (κ1) is 10.6. The number of aryl methyl sites for hydroxylation is 1. The van der Waals surface area contributed by atoms with Crippen LogP contribution in [0, 0.1) is 0 Å². The van der Waals surface area contributed by atoms with Crippen LogP contribution in [0.1, 0.15) is 5.56 Å². The third-order valence-corrected chi connectivity index (χ3v) is 2.61. The fraction of sp³-hybridized carbons (Fsp3) is 0.167. The van der Waals surface area contributed by atoms with Gasteiger partial charge in [0.15, 0.2) is 5.58 Å². The molecule has 18 heavy (non-hydrogen) atoms. The van der Waals surface area contributed by atoms with Gasteiger partial charge in [-0.05, 0) is 12.1 Å². The summed E-state index contributed by atoms with van der Waals surface area (Å²) in [7, 11) is 1.88. The number of nitrogens with one attached hydrogen (secondary N) is 1. The second-order valence-electron chi connectivity index (χ2n) is 4.12. The van der Waals surface area contributed by atoms with Crippen molar-refractivity contribution in [3.05, 3.63) is 36.2 Å². The average molecular weight is 243 g/mol. The lowest BCUT2D eigenvalue weighted by atomic mass is 10.3. The SMILES string of the molecule is Cn1cc(CNc2nc3ccc(N)cc3o2)cn1. The Labute approximate surface area is 103 Å². The molecule has 2 heterocycles. The quantitative estimate of drug-likeness (QED) is 0.685. The Balaban J connectivity index is 1.78. The first-order valence-electron chi connectivity index (χ1n) is 5.58. The minimum Gasteiger partial charge on any atom is -0.423 e. The smallest absolute Gasteiger partial charge is 0.295 e. The van der Waals surface area contributed by atoms with Crippen molar-refractivity contribution in [1.82, 2.24) is 14.8 Å². The zero-order chi connectivity index (χ0) is 12.5. The normalized spacial score (nSPS) is 10.9. The molecule has 0 fully saturated rings. The van der Waals surface area contributed by atoms with Gasteiger partial charge in [-0.2, -0.15) is 10.1 Å². The molecular formula is C12H13N5O. The van der Waals surface area contributed by atoms with Gasteiger partial charge >= 0.3 is 0 Å².